The minimum Gasteiger partial charge on any atom is -0.488 e. The fraction of sp³-hybridized carbons (Fsp3) is 0.471. The van der Waals surface area contributed by atoms with Gasteiger partial charge in [0, 0.05) is 18.1 Å². The number of anilines is 1. The van der Waals surface area contributed by atoms with Gasteiger partial charge in [-0.15, -0.1) is 0 Å². The molecule has 0 amide bonds. The van der Waals surface area contributed by atoms with Gasteiger partial charge < -0.3 is 19.8 Å². The number of benzene rings is 1. The van der Waals surface area contributed by atoms with E-state index in [1.807, 2.05) is 37.6 Å². The number of fused-ring (bicyclic) bond motifs is 1. The Morgan fingerprint density at radius 3 is 2.55 bits per heavy atom. The van der Waals surface area contributed by atoms with Crippen LogP contribution in [-0.4, -0.2) is 23.2 Å². The van der Waals surface area contributed by atoms with Gasteiger partial charge in [0.1, 0.15) is 0 Å². The first-order valence-electron chi connectivity index (χ1n) is 7.65. The molecular formula is C17H24N2O3. The number of ether oxygens (including phenoxy) is 2. The molecule has 22 heavy (non-hydrogen) atoms. The predicted octanol–water partition coefficient (Wildman–Crippen LogP) is 3.29. The summed E-state index contributed by atoms with van der Waals surface area (Å²) in [5.41, 5.74) is 9.23. The van der Waals surface area contributed by atoms with E-state index < -0.39 is 0 Å². The van der Waals surface area contributed by atoms with Gasteiger partial charge in [0.15, 0.2) is 11.4 Å². The van der Waals surface area contributed by atoms with E-state index >= 15 is 0 Å². The maximum atomic E-state index is 12.3. The zero-order valence-corrected chi connectivity index (χ0v) is 13.9. The average molecular weight is 304 g/mol. The molecule has 1 heterocycles. The quantitative estimate of drug-likeness (QED) is 0.680. The first-order chi connectivity index (χ1) is 10.4. The summed E-state index contributed by atoms with van der Waals surface area (Å²) in [6.45, 7) is 8.02. The first kappa shape index (κ1) is 16.2. The second-order valence-corrected chi connectivity index (χ2v) is 5.55. The minimum atomic E-state index is -0.381. The molecule has 2 aromatic rings. The van der Waals surface area contributed by atoms with Crippen molar-refractivity contribution in [3.63, 3.8) is 0 Å². The van der Waals surface area contributed by atoms with Crippen molar-refractivity contribution >= 4 is 22.6 Å². The van der Waals surface area contributed by atoms with Gasteiger partial charge in [0.05, 0.1) is 18.2 Å². The Kier molecular flexibility index (Phi) is 4.64. The number of hydrogen-bond donors (Lipinski definition) is 1. The van der Waals surface area contributed by atoms with Crippen molar-refractivity contribution in [1.29, 1.82) is 0 Å². The zero-order chi connectivity index (χ0) is 16.4. The van der Waals surface area contributed by atoms with E-state index in [0.29, 0.717) is 23.7 Å². The van der Waals surface area contributed by atoms with Crippen LogP contribution in [0.25, 0.3) is 10.9 Å². The number of carbonyl (C=O) groups is 1. The molecule has 0 unspecified atom stereocenters. The van der Waals surface area contributed by atoms with Crippen LogP contribution in [-0.2, 0) is 18.2 Å². The third-order valence-electron chi connectivity index (χ3n) is 3.62. The molecule has 5 nitrogen and oxygen atoms in total. The molecule has 0 fully saturated rings. The molecule has 1 aromatic heterocycles. The van der Waals surface area contributed by atoms with Crippen LogP contribution in [0.2, 0.25) is 0 Å². The molecule has 0 aliphatic carbocycles. The van der Waals surface area contributed by atoms with Gasteiger partial charge in [0.2, 0.25) is 0 Å². The highest BCUT2D eigenvalue weighted by atomic mass is 16.5. The number of aryl methyl sites for hydroxylation is 2. The van der Waals surface area contributed by atoms with Crippen LogP contribution in [0.4, 0.5) is 5.69 Å². The lowest BCUT2D eigenvalue weighted by Gasteiger charge is -2.11. The normalized spacial score (nSPS) is 11.2. The van der Waals surface area contributed by atoms with Gasteiger partial charge in [0.25, 0.3) is 0 Å². The van der Waals surface area contributed by atoms with Crippen LogP contribution in [0.5, 0.6) is 5.75 Å². The largest absolute Gasteiger partial charge is 0.488 e. The van der Waals surface area contributed by atoms with Crippen LogP contribution in [0.15, 0.2) is 12.1 Å². The highest BCUT2D eigenvalue weighted by Gasteiger charge is 2.25. The molecule has 0 atom stereocenters. The van der Waals surface area contributed by atoms with E-state index in [0.717, 1.165) is 22.9 Å². The topological polar surface area (TPSA) is 66.5 Å². The average Bonchev–Trinajstić information content (AvgIpc) is 2.70. The van der Waals surface area contributed by atoms with Crippen molar-refractivity contribution in [2.45, 2.75) is 40.2 Å². The molecule has 0 bridgehead atoms. The molecule has 0 spiro atoms. The van der Waals surface area contributed by atoms with Gasteiger partial charge in [-0.1, -0.05) is 6.92 Å². The van der Waals surface area contributed by atoms with E-state index in [-0.39, 0.29) is 12.1 Å². The van der Waals surface area contributed by atoms with E-state index in [2.05, 4.69) is 6.92 Å². The van der Waals surface area contributed by atoms with Crippen molar-refractivity contribution in [2.24, 2.45) is 7.05 Å². The van der Waals surface area contributed by atoms with Gasteiger partial charge >= 0.3 is 5.97 Å². The Bertz CT molecular complexity index is 702. The van der Waals surface area contributed by atoms with Crippen molar-refractivity contribution in [1.82, 2.24) is 4.57 Å². The molecule has 1 aromatic carbocycles. The number of nitrogens with zero attached hydrogens (tertiary/aromatic N) is 1. The Balaban J connectivity index is 2.75. The summed E-state index contributed by atoms with van der Waals surface area (Å²) >= 11 is 0. The maximum absolute atomic E-state index is 12.3. The van der Waals surface area contributed by atoms with Crippen LogP contribution in [0.3, 0.4) is 0 Å². The summed E-state index contributed by atoms with van der Waals surface area (Å²) in [5, 5.41) is 0.842. The molecule has 0 saturated carbocycles. The number of nitrogens with two attached hydrogens (primary N) is 1. The van der Waals surface area contributed by atoms with Crippen molar-refractivity contribution in [3.05, 3.63) is 23.4 Å². The molecular weight excluding hydrogens is 280 g/mol. The lowest BCUT2D eigenvalue weighted by molar-refractivity contribution is 0.0509. The number of aromatic nitrogens is 1. The number of carbonyl (C=O) groups excluding carboxylic acids is 1. The maximum Gasteiger partial charge on any atom is 0.358 e. The Morgan fingerprint density at radius 1 is 1.32 bits per heavy atom. The van der Waals surface area contributed by atoms with Gasteiger partial charge in [-0.05, 0) is 44.9 Å². The fourth-order valence-corrected chi connectivity index (χ4v) is 2.60. The third-order valence-corrected chi connectivity index (χ3v) is 3.62. The number of esters is 1. The predicted molar refractivity (Wildman–Crippen MR) is 88.4 cm³/mol. The van der Waals surface area contributed by atoms with Gasteiger partial charge in [-0.3, -0.25) is 0 Å². The van der Waals surface area contributed by atoms with E-state index in [9.17, 15) is 4.79 Å². The zero-order valence-electron chi connectivity index (χ0n) is 13.9. The monoisotopic (exact) mass is 304 g/mol. The summed E-state index contributed by atoms with van der Waals surface area (Å²) < 4.78 is 12.9. The second-order valence-electron chi connectivity index (χ2n) is 5.55. The second kappa shape index (κ2) is 6.30. The third kappa shape index (κ3) is 2.75. The molecule has 0 aliphatic heterocycles. The SMILES string of the molecule is CCOC(=O)c1c(OC(C)C)c2cc(N)c(CC)cc2n1C. The first-order valence-corrected chi connectivity index (χ1v) is 7.65. The molecule has 0 aliphatic rings. The fourth-order valence-electron chi connectivity index (χ4n) is 2.60. The minimum absolute atomic E-state index is 0.0501. The van der Waals surface area contributed by atoms with Crippen molar-refractivity contribution in [3.8, 4) is 5.75 Å². The van der Waals surface area contributed by atoms with Crippen molar-refractivity contribution < 1.29 is 14.3 Å². The van der Waals surface area contributed by atoms with Crippen LogP contribution in [0, 0.1) is 0 Å². The molecule has 0 saturated heterocycles. The lowest BCUT2D eigenvalue weighted by atomic mass is 10.1. The highest BCUT2D eigenvalue weighted by molar-refractivity contribution is 6.03. The lowest BCUT2D eigenvalue weighted by Crippen LogP contribution is -2.14. The molecule has 120 valence electrons. The summed E-state index contributed by atoms with van der Waals surface area (Å²) in [6.07, 6.45) is 0.785. The Hall–Kier alpha value is -2.17. The van der Waals surface area contributed by atoms with Crippen molar-refractivity contribution in [2.75, 3.05) is 12.3 Å². The van der Waals surface area contributed by atoms with Gasteiger partial charge in [-0.2, -0.15) is 0 Å². The molecule has 2 N–H and O–H groups in total. The van der Waals surface area contributed by atoms with E-state index in [4.69, 9.17) is 15.2 Å². The highest BCUT2D eigenvalue weighted by Crippen LogP contribution is 2.36. The smallest absolute Gasteiger partial charge is 0.358 e. The van der Waals surface area contributed by atoms with E-state index in [1.165, 1.54) is 0 Å². The summed E-state index contributed by atoms with van der Waals surface area (Å²) in [4.78, 5) is 12.3. The molecule has 2 rings (SSSR count). The molecule has 0 radical (unpaired) electrons. The summed E-state index contributed by atoms with van der Waals surface area (Å²) in [5.74, 6) is 0.161. The summed E-state index contributed by atoms with van der Waals surface area (Å²) in [6, 6.07) is 3.90. The number of rotatable bonds is 5. The van der Waals surface area contributed by atoms with Crippen LogP contribution < -0.4 is 10.5 Å². The van der Waals surface area contributed by atoms with Gasteiger partial charge in [-0.25, -0.2) is 4.79 Å². The Labute approximate surface area is 131 Å². The summed E-state index contributed by atoms with van der Waals surface area (Å²) in [7, 11) is 1.84. The Morgan fingerprint density at radius 2 is 2.00 bits per heavy atom. The van der Waals surface area contributed by atoms with E-state index in [1.54, 1.807) is 6.92 Å². The number of hydrogen-bond acceptors (Lipinski definition) is 4. The van der Waals surface area contributed by atoms with Crippen LogP contribution >= 0.6 is 0 Å². The van der Waals surface area contributed by atoms with Crippen LogP contribution in [0.1, 0.15) is 43.7 Å². The molecule has 5 heteroatoms. The number of nitrogen functional groups attached to an aromatic ring is 1. The standard InChI is InChI=1S/C17H24N2O3/c1-6-11-8-14-12(9-13(11)18)16(22-10(3)4)15(19(14)5)17(20)21-7-2/h8-10H,6-7,18H2,1-5H3.